The number of pyridine rings is 1. The van der Waals surface area contributed by atoms with Crippen molar-refractivity contribution in [1.82, 2.24) is 9.88 Å². The number of benzene rings is 1. The summed E-state index contributed by atoms with van der Waals surface area (Å²) in [6.07, 6.45) is 0. The quantitative estimate of drug-likeness (QED) is 0.917. The molecule has 0 aliphatic rings. The number of hydrogen-bond donors (Lipinski definition) is 1. The Morgan fingerprint density at radius 1 is 1.24 bits per heavy atom. The summed E-state index contributed by atoms with van der Waals surface area (Å²) in [5.41, 5.74) is 2.62. The van der Waals surface area contributed by atoms with Gasteiger partial charge in [-0.3, -0.25) is 4.79 Å². The number of aryl methyl sites for hydroxylation is 1. The minimum absolute atomic E-state index is 0.00325. The lowest BCUT2D eigenvalue weighted by atomic mass is 10.1. The first-order chi connectivity index (χ1) is 10.1. The van der Waals surface area contributed by atoms with Gasteiger partial charge in [0.05, 0.1) is 0 Å². The first-order valence-electron chi connectivity index (χ1n) is 7.12. The molecule has 0 fully saturated rings. The Morgan fingerprint density at radius 3 is 2.62 bits per heavy atom. The van der Waals surface area contributed by atoms with Crippen LogP contribution >= 0.6 is 0 Å². The highest BCUT2D eigenvalue weighted by Gasteiger charge is 2.13. The summed E-state index contributed by atoms with van der Waals surface area (Å²) in [6, 6.07) is 13.6. The van der Waals surface area contributed by atoms with Crippen molar-refractivity contribution < 1.29 is 4.79 Å². The van der Waals surface area contributed by atoms with E-state index in [0.717, 1.165) is 23.6 Å². The molecule has 1 heterocycles. The van der Waals surface area contributed by atoms with Gasteiger partial charge in [-0.1, -0.05) is 30.3 Å². The highest BCUT2D eigenvalue weighted by molar-refractivity contribution is 5.94. The Morgan fingerprint density at radius 2 is 1.95 bits per heavy atom. The van der Waals surface area contributed by atoms with Crippen molar-refractivity contribution in [3.63, 3.8) is 0 Å². The van der Waals surface area contributed by atoms with Crippen LogP contribution in [0.2, 0.25) is 0 Å². The SMILES string of the molecule is CCNc1cc(C(=O)N(C)Cc2ccccc2)cc(C)n1. The van der Waals surface area contributed by atoms with Crippen LogP contribution in [0.4, 0.5) is 5.82 Å². The fourth-order valence-corrected chi connectivity index (χ4v) is 2.21. The first-order valence-corrected chi connectivity index (χ1v) is 7.12. The molecule has 0 aliphatic heterocycles. The van der Waals surface area contributed by atoms with Crippen LogP contribution in [0, 0.1) is 6.92 Å². The van der Waals surface area contributed by atoms with E-state index in [0.29, 0.717) is 12.1 Å². The molecule has 0 saturated heterocycles. The van der Waals surface area contributed by atoms with Gasteiger partial charge >= 0.3 is 0 Å². The molecule has 0 unspecified atom stereocenters. The molecule has 2 rings (SSSR count). The molecule has 0 aliphatic carbocycles. The lowest BCUT2D eigenvalue weighted by Gasteiger charge is -2.18. The molecule has 1 aromatic carbocycles. The second-order valence-corrected chi connectivity index (χ2v) is 5.06. The van der Waals surface area contributed by atoms with Crippen LogP contribution < -0.4 is 5.32 Å². The van der Waals surface area contributed by atoms with Crippen molar-refractivity contribution in [2.24, 2.45) is 0 Å². The number of aromatic nitrogens is 1. The minimum Gasteiger partial charge on any atom is -0.370 e. The predicted octanol–water partition coefficient (Wildman–Crippen LogP) is 3.09. The molecule has 1 N–H and O–H groups in total. The van der Waals surface area contributed by atoms with Crippen molar-refractivity contribution in [3.05, 3.63) is 59.3 Å². The number of hydrogen-bond acceptors (Lipinski definition) is 3. The van der Waals surface area contributed by atoms with Crippen molar-refractivity contribution in [2.45, 2.75) is 20.4 Å². The lowest BCUT2D eigenvalue weighted by molar-refractivity contribution is 0.0785. The van der Waals surface area contributed by atoms with Gasteiger partial charge in [0, 0.05) is 31.4 Å². The van der Waals surface area contributed by atoms with E-state index in [-0.39, 0.29) is 5.91 Å². The average molecular weight is 283 g/mol. The van der Waals surface area contributed by atoms with Gasteiger partial charge in [-0.2, -0.15) is 0 Å². The van der Waals surface area contributed by atoms with Crippen LogP contribution in [0.5, 0.6) is 0 Å². The number of amides is 1. The van der Waals surface area contributed by atoms with Crippen LogP contribution in [0.1, 0.15) is 28.5 Å². The van der Waals surface area contributed by atoms with Crippen LogP contribution in [0.15, 0.2) is 42.5 Å². The summed E-state index contributed by atoms with van der Waals surface area (Å²) in [4.78, 5) is 18.6. The molecule has 110 valence electrons. The number of carbonyl (C=O) groups is 1. The van der Waals surface area contributed by atoms with Gasteiger partial charge < -0.3 is 10.2 Å². The zero-order chi connectivity index (χ0) is 15.2. The smallest absolute Gasteiger partial charge is 0.254 e. The second kappa shape index (κ2) is 6.88. The predicted molar refractivity (Wildman–Crippen MR) is 85.4 cm³/mol. The van der Waals surface area contributed by atoms with Gasteiger partial charge in [-0.25, -0.2) is 4.98 Å². The zero-order valence-electron chi connectivity index (χ0n) is 12.8. The summed E-state index contributed by atoms with van der Waals surface area (Å²) in [5.74, 6) is 0.748. The summed E-state index contributed by atoms with van der Waals surface area (Å²) in [5, 5.41) is 3.15. The molecule has 21 heavy (non-hydrogen) atoms. The number of carbonyl (C=O) groups excluding carboxylic acids is 1. The van der Waals surface area contributed by atoms with E-state index >= 15 is 0 Å². The third-order valence-corrected chi connectivity index (χ3v) is 3.17. The van der Waals surface area contributed by atoms with Crippen molar-refractivity contribution in [2.75, 3.05) is 18.9 Å². The molecule has 1 amide bonds. The number of anilines is 1. The molecule has 1 aromatic heterocycles. The van der Waals surface area contributed by atoms with Gasteiger partial charge in [0.2, 0.25) is 0 Å². The van der Waals surface area contributed by atoms with Crippen molar-refractivity contribution in [1.29, 1.82) is 0 Å². The van der Waals surface area contributed by atoms with Gasteiger partial charge in [0.15, 0.2) is 0 Å². The van der Waals surface area contributed by atoms with Crippen molar-refractivity contribution >= 4 is 11.7 Å². The van der Waals surface area contributed by atoms with Gasteiger partial charge in [0.1, 0.15) is 5.82 Å². The second-order valence-electron chi connectivity index (χ2n) is 5.06. The lowest BCUT2D eigenvalue weighted by Crippen LogP contribution is -2.26. The van der Waals surface area contributed by atoms with E-state index in [1.54, 1.807) is 11.0 Å². The van der Waals surface area contributed by atoms with Crippen LogP contribution in [0.25, 0.3) is 0 Å². The largest absolute Gasteiger partial charge is 0.370 e. The van der Waals surface area contributed by atoms with E-state index < -0.39 is 0 Å². The monoisotopic (exact) mass is 283 g/mol. The van der Waals surface area contributed by atoms with Crippen LogP contribution in [0.3, 0.4) is 0 Å². The topological polar surface area (TPSA) is 45.2 Å². The van der Waals surface area contributed by atoms with Gasteiger partial charge in [0.25, 0.3) is 5.91 Å². The Hall–Kier alpha value is -2.36. The Balaban J connectivity index is 2.15. The maximum Gasteiger partial charge on any atom is 0.254 e. The Kier molecular flexibility index (Phi) is 4.93. The van der Waals surface area contributed by atoms with Crippen LogP contribution in [-0.2, 0) is 6.54 Å². The molecule has 0 radical (unpaired) electrons. The van der Waals surface area contributed by atoms with E-state index in [9.17, 15) is 4.79 Å². The molecule has 0 bridgehead atoms. The summed E-state index contributed by atoms with van der Waals surface area (Å²) >= 11 is 0. The average Bonchev–Trinajstić information content (AvgIpc) is 2.47. The summed E-state index contributed by atoms with van der Waals surface area (Å²) in [6.45, 7) is 5.28. The van der Waals surface area contributed by atoms with E-state index in [1.807, 2.05) is 57.3 Å². The first kappa shape index (κ1) is 15.0. The van der Waals surface area contributed by atoms with Crippen molar-refractivity contribution in [3.8, 4) is 0 Å². The highest BCUT2D eigenvalue weighted by atomic mass is 16.2. The molecule has 4 nitrogen and oxygen atoms in total. The Bertz CT molecular complexity index is 611. The molecular weight excluding hydrogens is 262 g/mol. The molecule has 4 heteroatoms. The third kappa shape index (κ3) is 4.05. The zero-order valence-corrected chi connectivity index (χ0v) is 12.8. The van der Waals surface area contributed by atoms with Gasteiger partial charge in [-0.15, -0.1) is 0 Å². The van der Waals surface area contributed by atoms with Gasteiger partial charge in [-0.05, 0) is 31.5 Å². The van der Waals surface area contributed by atoms with E-state index in [2.05, 4.69) is 10.3 Å². The fourth-order valence-electron chi connectivity index (χ4n) is 2.21. The van der Waals surface area contributed by atoms with E-state index in [1.165, 1.54) is 0 Å². The third-order valence-electron chi connectivity index (χ3n) is 3.17. The number of nitrogens with zero attached hydrogens (tertiary/aromatic N) is 2. The fraction of sp³-hybridized carbons (Fsp3) is 0.294. The minimum atomic E-state index is 0.00325. The summed E-state index contributed by atoms with van der Waals surface area (Å²) < 4.78 is 0. The molecule has 0 saturated carbocycles. The normalized spacial score (nSPS) is 10.2. The van der Waals surface area contributed by atoms with E-state index in [4.69, 9.17) is 0 Å². The maximum atomic E-state index is 12.5. The highest BCUT2D eigenvalue weighted by Crippen LogP contribution is 2.13. The molecule has 0 atom stereocenters. The molecule has 0 spiro atoms. The number of nitrogens with one attached hydrogen (secondary N) is 1. The maximum absolute atomic E-state index is 12.5. The molecule has 2 aromatic rings. The Labute approximate surface area is 125 Å². The van der Waals surface area contributed by atoms with Crippen LogP contribution in [-0.4, -0.2) is 29.4 Å². The summed E-state index contributed by atoms with van der Waals surface area (Å²) in [7, 11) is 1.82. The standard InChI is InChI=1S/C17H21N3O/c1-4-18-16-11-15(10-13(2)19-16)17(21)20(3)12-14-8-6-5-7-9-14/h5-11H,4,12H2,1-3H3,(H,18,19). The molecular formula is C17H21N3O. The number of rotatable bonds is 5.